The number of nitrogens with zero attached hydrogens (tertiary/aromatic N) is 3. The minimum absolute atomic E-state index is 0.131. The highest BCUT2D eigenvalue weighted by molar-refractivity contribution is 9.10. The van der Waals surface area contributed by atoms with E-state index in [-0.39, 0.29) is 5.69 Å². The molecule has 1 fully saturated rings. The van der Waals surface area contributed by atoms with E-state index in [4.69, 9.17) is 0 Å². The molecule has 1 N–H and O–H groups in total. The number of hydrogen-bond donors (Lipinski definition) is 1. The zero-order valence-electron chi connectivity index (χ0n) is 9.68. The van der Waals surface area contributed by atoms with Gasteiger partial charge >= 0.3 is 5.69 Å². The van der Waals surface area contributed by atoms with Crippen LogP contribution in [0.15, 0.2) is 31.7 Å². The van der Waals surface area contributed by atoms with Gasteiger partial charge in [-0.1, -0.05) is 0 Å². The predicted octanol–water partition coefficient (Wildman–Crippen LogP) is 2.52. The number of hydrogen-bond acceptors (Lipinski definition) is 4. The van der Waals surface area contributed by atoms with Crippen LogP contribution in [0.4, 0.5) is 0 Å². The maximum absolute atomic E-state index is 11.6. The Morgan fingerprint density at radius 3 is 3.00 bits per heavy atom. The van der Waals surface area contributed by atoms with E-state index in [9.17, 15) is 4.79 Å². The van der Waals surface area contributed by atoms with Crippen LogP contribution in [-0.2, 0) is 0 Å². The Hall–Kier alpha value is -1.08. The van der Waals surface area contributed by atoms with Crippen LogP contribution in [-0.4, -0.2) is 19.7 Å². The van der Waals surface area contributed by atoms with Crippen LogP contribution in [0.5, 0.6) is 0 Å². The van der Waals surface area contributed by atoms with Crippen molar-refractivity contribution in [3.05, 3.63) is 32.8 Å². The van der Waals surface area contributed by atoms with Crippen molar-refractivity contribution in [1.82, 2.24) is 19.7 Å². The molecule has 1 aliphatic carbocycles. The van der Waals surface area contributed by atoms with Gasteiger partial charge < -0.3 is 0 Å². The number of aryl methyl sites for hydroxylation is 1. The first kappa shape index (κ1) is 12.0. The van der Waals surface area contributed by atoms with Crippen molar-refractivity contribution >= 4 is 27.7 Å². The summed E-state index contributed by atoms with van der Waals surface area (Å²) >= 11 is 4.83. The summed E-state index contributed by atoms with van der Waals surface area (Å²) in [4.78, 5) is 15.9. The van der Waals surface area contributed by atoms with Gasteiger partial charge in [-0.2, -0.15) is 0 Å². The topological polar surface area (TPSA) is 63.6 Å². The molecule has 0 spiro atoms. The largest absolute Gasteiger partial charge is 0.344 e. The maximum atomic E-state index is 11.6. The molecule has 0 saturated heterocycles. The average Bonchev–Trinajstić information content (AvgIpc) is 3.10. The van der Waals surface area contributed by atoms with Crippen LogP contribution in [0, 0.1) is 6.92 Å². The summed E-state index contributed by atoms with van der Waals surface area (Å²) in [5.74, 6) is 0. The van der Waals surface area contributed by atoms with E-state index in [0.29, 0.717) is 11.2 Å². The SMILES string of the molecule is Cc1cc(Sc2n[nH]c(=O)n2C2CC2)ncc1Br. The molecule has 0 aromatic carbocycles. The fourth-order valence-corrected chi connectivity index (χ4v) is 2.85. The molecule has 1 saturated carbocycles. The van der Waals surface area contributed by atoms with Crippen LogP contribution in [0.2, 0.25) is 0 Å². The van der Waals surface area contributed by atoms with E-state index >= 15 is 0 Å². The van der Waals surface area contributed by atoms with E-state index in [2.05, 4.69) is 31.1 Å². The molecule has 1 aliphatic rings. The van der Waals surface area contributed by atoms with Gasteiger partial charge in [0.2, 0.25) is 0 Å². The molecular formula is C11H11BrN4OS. The molecule has 0 radical (unpaired) electrons. The lowest BCUT2D eigenvalue weighted by molar-refractivity contribution is 0.642. The Morgan fingerprint density at radius 2 is 2.33 bits per heavy atom. The van der Waals surface area contributed by atoms with Crippen molar-refractivity contribution in [3.63, 3.8) is 0 Å². The number of H-pyrrole nitrogens is 1. The highest BCUT2D eigenvalue weighted by atomic mass is 79.9. The smallest absolute Gasteiger partial charge is 0.267 e. The quantitative estimate of drug-likeness (QED) is 0.941. The molecule has 2 aromatic rings. The highest BCUT2D eigenvalue weighted by Crippen LogP contribution is 2.37. The Balaban J connectivity index is 1.92. The van der Waals surface area contributed by atoms with Crippen molar-refractivity contribution in [2.24, 2.45) is 0 Å². The van der Waals surface area contributed by atoms with Gasteiger partial charge in [0.05, 0.1) is 0 Å². The lowest BCUT2D eigenvalue weighted by Gasteiger charge is -2.04. The molecule has 18 heavy (non-hydrogen) atoms. The van der Waals surface area contributed by atoms with Crippen molar-refractivity contribution in [2.75, 3.05) is 0 Å². The summed E-state index contributed by atoms with van der Waals surface area (Å²) < 4.78 is 2.71. The van der Waals surface area contributed by atoms with E-state index in [0.717, 1.165) is 27.9 Å². The van der Waals surface area contributed by atoms with Gasteiger partial charge in [0.15, 0.2) is 5.16 Å². The lowest BCUT2D eigenvalue weighted by atomic mass is 10.3. The molecule has 2 heterocycles. The fourth-order valence-electron chi connectivity index (χ4n) is 1.68. The zero-order valence-corrected chi connectivity index (χ0v) is 12.1. The summed E-state index contributed by atoms with van der Waals surface area (Å²) in [6, 6.07) is 2.29. The standard InChI is InChI=1S/C11H11BrN4OS/c1-6-4-9(13-5-8(6)12)18-11-15-14-10(17)16(11)7-2-3-7/h4-5,7H,2-3H2,1H3,(H,14,17). The Labute approximate surface area is 116 Å². The maximum Gasteiger partial charge on any atom is 0.344 e. The predicted molar refractivity (Wildman–Crippen MR) is 71.9 cm³/mol. The first-order valence-corrected chi connectivity index (χ1v) is 7.23. The number of pyridine rings is 1. The second kappa shape index (κ2) is 4.55. The summed E-state index contributed by atoms with van der Waals surface area (Å²) in [6.45, 7) is 2.01. The number of aromatic nitrogens is 4. The molecule has 0 amide bonds. The van der Waals surface area contributed by atoms with Gasteiger partial charge in [-0.05, 0) is 59.1 Å². The summed E-state index contributed by atoms with van der Waals surface area (Å²) in [6.07, 6.45) is 3.88. The summed E-state index contributed by atoms with van der Waals surface area (Å²) in [5.41, 5.74) is 0.984. The zero-order chi connectivity index (χ0) is 12.7. The first-order valence-electron chi connectivity index (χ1n) is 5.62. The number of halogens is 1. The van der Waals surface area contributed by atoms with Gasteiger partial charge in [-0.15, -0.1) is 5.10 Å². The van der Waals surface area contributed by atoms with E-state index < -0.39 is 0 Å². The van der Waals surface area contributed by atoms with Gasteiger partial charge in [-0.25, -0.2) is 14.9 Å². The van der Waals surface area contributed by atoms with E-state index in [1.54, 1.807) is 10.8 Å². The Bertz CT molecular complexity index is 647. The Kier molecular flexibility index (Phi) is 3.03. The van der Waals surface area contributed by atoms with Crippen LogP contribution >= 0.6 is 27.7 Å². The highest BCUT2D eigenvalue weighted by Gasteiger charge is 2.28. The lowest BCUT2D eigenvalue weighted by Crippen LogP contribution is -2.16. The van der Waals surface area contributed by atoms with Crippen LogP contribution < -0.4 is 5.69 Å². The van der Waals surface area contributed by atoms with Crippen molar-refractivity contribution in [2.45, 2.75) is 36.0 Å². The summed E-state index contributed by atoms with van der Waals surface area (Å²) in [7, 11) is 0. The molecule has 0 aliphatic heterocycles. The number of rotatable bonds is 3. The minimum atomic E-state index is -0.131. The van der Waals surface area contributed by atoms with Gasteiger partial charge in [-0.3, -0.25) is 4.57 Å². The number of aromatic amines is 1. The monoisotopic (exact) mass is 326 g/mol. The van der Waals surface area contributed by atoms with Gasteiger partial charge in [0.1, 0.15) is 5.03 Å². The van der Waals surface area contributed by atoms with E-state index in [1.807, 2.05) is 13.0 Å². The van der Waals surface area contributed by atoms with Crippen molar-refractivity contribution in [1.29, 1.82) is 0 Å². The average molecular weight is 327 g/mol. The van der Waals surface area contributed by atoms with Crippen molar-refractivity contribution < 1.29 is 0 Å². The molecule has 7 heteroatoms. The molecule has 0 bridgehead atoms. The molecule has 5 nitrogen and oxygen atoms in total. The summed E-state index contributed by atoms with van der Waals surface area (Å²) in [5, 5.41) is 8.10. The third-order valence-electron chi connectivity index (χ3n) is 2.80. The third kappa shape index (κ3) is 2.24. The Morgan fingerprint density at radius 1 is 1.56 bits per heavy atom. The normalized spacial score (nSPS) is 15.0. The molecule has 94 valence electrons. The van der Waals surface area contributed by atoms with Gasteiger partial charge in [0, 0.05) is 16.7 Å². The molecule has 0 atom stereocenters. The first-order chi connectivity index (χ1) is 8.65. The molecular weight excluding hydrogens is 316 g/mol. The minimum Gasteiger partial charge on any atom is -0.267 e. The van der Waals surface area contributed by atoms with Gasteiger partial charge in [0.25, 0.3) is 0 Å². The third-order valence-corrected chi connectivity index (χ3v) is 4.53. The second-order valence-electron chi connectivity index (χ2n) is 4.29. The van der Waals surface area contributed by atoms with Crippen LogP contribution in [0.3, 0.4) is 0 Å². The fraction of sp³-hybridized carbons (Fsp3) is 0.364. The van der Waals surface area contributed by atoms with Crippen molar-refractivity contribution in [3.8, 4) is 0 Å². The molecule has 3 rings (SSSR count). The number of nitrogens with one attached hydrogen (secondary N) is 1. The molecule has 2 aromatic heterocycles. The van der Waals surface area contributed by atoms with E-state index in [1.165, 1.54) is 11.8 Å². The van der Waals surface area contributed by atoms with Crippen LogP contribution in [0.25, 0.3) is 0 Å². The molecule has 0 unspecified atom stereocenters. The second-order valence-corrected chi connectivity index (χ2v) is 6.13. The van der Waals surface area contributed by atoms with Crippen LogP contribution in [0.1, 0.15) is 24.4 Å².